The van der Waals surface area contributed by atoms with Crippen LogP contribution in [-0.4, -0.2) is 0 Å². The molecular weight excluding hydrogens is 683 g/mol. The fraction of sp³-hybridized carbons (Fsp3) is 0.0227. The molecule has 2 nitrogen and oxygen atoms in total. The molecule has 0 heterocycles. The highest BCUT2D eigenvalue weighted by atomic mass is 127. The largest absolute Gasteiger partial charge is 0.398 e. The van der Waals surface area contributed by atoms with Crippen LogP contribution in [0.4, 0.5) is 5.69 Å². The van der Waals surface area contributed by atoms with Crippen LogP contribution in [0.15, 0.2) is 176 Å². The molecule has 0 fully saturated rings. The Labute approximate surface area is 291 Å². The van der Waals surface area contributed by atoms with E-state index in [-0.39, 0.29) is 0 Å². The molecule has 3 heteroatoms. The maximum absolute atomic E-state index is 8.39. The lowest BCUT2D eigenvalue weighted by molar-refractivity contribution is 1.24. The van der Waals surface area contributed by atoms with Crippen molar-refractivity contribution < 1.29 is 0 Å². The van der Waals surface area contributed by atoms with Crippen molar-refractivity contribution in [2.24, 2.45) is 0 Å². The normalized spacial score (nSPS) is 9.79. The Balaban J connectivity index is 0.000000154. The fourth-order valence-electron chi connectivity index (χ4n) is 5.10. The van der Waals surface area contributed by atoms with Crippen LogP contribution < -0.4 is 5.73 Å². The van der Waals surface area contributed by atoms with E-state index in [0.29, 0.717) is 6.42 Å². The molecule has 7 aromatic rings. The van der Waals surface area contributed by atoms with Gasteiger partial charge in [0.25, 0.3) is 0 Å². The molecule has 2 N–H and O–H groups in total. The van der Waals surface area contributed by atoms with E-state index in [1.165, 1.54) is 25.5 Å². The molecule has 0 unspecified atom stereocenters. The summed E-state index contributed by atoms with van der Waals surface area (Å²) in [7, 11) is 0. The van der Waals surface area contributed by atoms with Crippen molar-refractivity contribution in [2.45, 2.75) is 6.42 Å². The van der Waals surface area contributed by atoms with Crippen molar-refractivity contribution in [1.82, 2.24) is 0 Å². The Bertz CT molecular complexity index is 2080. The lowest BCUT2D eigenvalue weighted by Gasteiger charge is -2.17. The van der Waals surface area contributed by atoms with E-state index in [1.54, 1.807) is 0 Å². The highest BCUT2D eigenvalue weighted by Gasteiger charge is 2.15. The summed E-state index contributed by atoms with van der Waals surface area (Å²) in [4.78, 5) is 0. The van der Waals surface area contributed by atoms with Crippen LogP contribution in [0.3, 0.4) is 0 Å². The number of nitrogens with two attached hydrogens (primary N) is 1. The zero-order valence-electron chi connectivity index (χ0n) is 25.9. The van der Waals surface area contributed by atoms with Gasteiger partial charge in [-0.15, -0.1) is 0 Å². The van der Waals surface area contributed by atoms with Crippen molar-refractivity contribution in [3.63, 3.8) is 0 Å². The Morgan fingerprint density at radius 1 is 0.511 bits per heavy atom. The number of nitriles is 1. The zero-order valence-corrected chi connectivity index (χ0v) is 28.0. The third-order valence-electron chi connectivity index (χ3n) is 7.33. The van der Waals surface area contributed by atoms with E-state index in [9.17, 15) is 0 Å². The summed E-state index contributed by atoms with van der Waals surface area (Å²) < 4.78 is 1.17. The molecule has 0 bridgehead atoms. The Kier molecular flexibility index (Phi) is 12.0. The first kappa shape index (κ1) is 32.8. The third-order valence-corrected chi connectivity index (χ3v) is 8.38. The molecule has 0 atom stereocenters. The van der Waals surface area contributed by atoms with E-state index in [1.807, 2.05) is 97.1 Å². The minimum atomic E-state index is 0.513. The summed E-state index contributed by atoms with van der Waals surface area (Å²) in [6, 6.07) is 61.4. The van der Waals surface area contributed by atoms with Gasteiger partial charge >= 0.3 is 0 Å². The smallest absolute Gasteiger partial charge is 0.0670 e. The maximum Gasteiger partial charge on any atom is 0.0670 e. The average molecular weight is 717 g/mol. The molecule has 7 aromatic carbocycles. The summed E-state index contributed by atoms with van der Waals surface area (Å²) in [6.07, 6.45) is 0.513. The molecule has 0 radical (unpaired) electrons. The topological polar surface area (TPSA) is 49.8 Å². The van der Waals surface area contributed by atoms with Gasteiger partial charge in [0.1, 0.15) is 0 Å². The first-order valence-electron chi connectivity index (χ1n) is 15.3. The third kappa shape index (κ3) is 9.21. The fourth-order valence-corrected chi connectivity index (χ4v) is 5.68. The Morgan fingerprint density at radius 2 is 0.957 bits per heavy atom. The molecular formula is C44H33IN2. The highest BCUT2D eigenvalue weighted by Crippen LogP contribution is 2.41. The van der Waals surface area contributed by atoms with Gasteiger partial charge in [0.15, 0.2) is 0 Å². The summed E-state index contributed by atoms with van der Waals surface area (Å²) >= 11 is 2.23. The molecule has 7 rings (SSSR count). The Morgan fingerprint density at radius 3 is 1.49 bits per heavy atom. The highest BCUT2D eigenvalue weighted by molar-refractivity contribution is 14.1. The van der Waals surface area contributed by atoms with Crippen molar-refractivity contribution in [2.75, 3.05) is 5.73 Å². The van der Waals surface area contributed by atoms with Crippen LogP contribution in [0, 0.1) is 26.7 Å². The van der Waals surface area contributed by atoms with Gasteiger partial charge in [0.05, 0.1) is 12.5 Å². The Hall–Kier alpha value is -5.62. The van der Waals surface area contributed by atoms with Gasteiger partial charge < -0.3 is 5.73 Å². The zero-order chi connectivity index (χ0) is 32.7. The minimum Gasteiger partial charge on any atom is -0.398 e. The van der Waals surface area contributed by atoms with Crippen molar-refractivity contribution in [1.29, 1.82) is 5.26 Å². The average Bonchev–Trinajstić information content (AvgIpc) is 3.13. The van der Waals surface area contributed by atoms with E-state index in [4.69, 9.17) is 11.0 Å². The number of hydrogen-bond donors (Lipinski definition) is 1. The molecule has 0 aliphatic rings. The van der Waals surface area contributed by atoms with Crippen LogP contribution in [0.1, 0.15) is 16.7 Å². The number of halogens is 1. The summed E-state index contributed by atoms with van der Waals surface area (Å²) in [6.45, 7) is 0. The number of hydrogen-bond acceptors (Lipinski definition) is 2. The lowest BCUT2D eigenvalue weighted by Crippen LogP contribution is -1.95. The molecule has 226 valence electrons. The number of anilines is 1. The molecule has 0 saturated heterocycles. The van der Waals surface area contributed by atoms with Gasteiger partial charge in [0.2, 0.25) is 0 Å². The number of rotatable bonds is 3. The second-order valence-electron chi connectivity index (χ2n) is 10.6. The van der Waals surface area contributed by atoms with Gasteiger partial charge in [-0.25, -0.2) is 0 Å². The minimum absolute atomic E-state index is 0.513. The monoisotopic (exact) mass is 716 g/mol. The number of nitrogens with zero attached hydrogens (tertiary/aromatic N) is 1. The first-order valence-corrected chi connectivity index (χ1v) is 16.4. The molecule has 0 spiro atoms. The predicted molar refractivity (Wildman–Crippen MR) is 207 cm³/mol. The number of benzene rings is 7. The van der Waals surface area contributed by atoms with Gasteiger partial charge in [-0.05, 0) is 92.0 Å². The van der Waals surface area contributed by atoms with Crippen LogP contribution in [-0.2, 0) is 6.42 Å². The summed E-state index contributed by atoms with van der Waals surface area (Å²) in [5.41, 5.74) is 15.1. The summed E-state index contributed by atoms with van der Waals surface area (Å²) in [5.74, 6) is 6.22. The van der Waals surface area contributed by atoms with Crippen LogP contribution >= 0.6 is 22.6 Å². The molecule has 0 saturated carbocycles. The van der Waals surface area contributed by atoms with Gasteiger partial charge in [-0.2, -0.15) is 5.26 Å². The van der Waals surface area contributed by atoms with Gasteiger partial charge in [-0.3, -0.25) is 0 Å². The van der Waals surface area contributed by atoms with Crippen molar-refractivity contribution in [3.8, 4) is 40.2 Å². The molecule has 0 aliphatic heterocycles. The molecule has 0 amide bonds. The first-order chi connectivity index (χ1) is 23.1. The number of nitrogen functional groups attached to an aromatic ring is 1. The predicted octanol–water partition coefficient (Wildman–Crippen LogP) is 11.2. The molecule has 47 heavy (non-hydrogen) atoms. The van der Waals surface area contributed by atoms with E-state index in [2.05, 4.69) is 119 Å². The molecule has 0 aromatic heterocycles. The molecule has 0 aliphatic carbocycles. The van der Waals surface area contributed by atoms with Crippen LogP contribution in [0.25, 0.3) is 33.0 Å². The van der Waals surface area contributed by atoms with E-state index in [0.717, 1.165) is 33.5 Å². The van der Waals surface area contributed by atoms with Crippen LogP contribution in [0.5, 0.6) is 0 Å². The van der Waals surface area contributed by atoms with Crippen molar-refractivity contribution >= 4 is 39.1 Å². The van der Waals surface area contributed by atoms with E-state index >= 15 is 0 Å². The second-order valence-corrected chi connectivity index (χ2v) is 11.7. The SMILES string of the molecule is C(#Cc1ccccc1)c1ccccc1.N#CCc1ccccc1I.Nc1cc2ccccc2c(-c2ccccc2)c1-c1ccccc1. The second kappa shape index (κ2) is 17.2. The van der Waals surface area contributed by atoms with Gasteiger partial charge in [-0.1, -0.05) is 151 Å². The van der Waals surface area contributed by atoms with Gasteiger partial charge in [0, 0.05) is 25.9 Å². The standard InChI is InChI=1S/C22H17N.C14H10.C8H6IN/c23-20-15-18-13-7-8-14-19(18)21(16-9-3-1-4-10-16)22(20)17-11-5-2-6-12-17;1-3-7-13(8-4-1)11-12-14-9-5-2-6-10-14;9-8-4-2-1-3-7(8)5-6-10/h1-15H,23H2;1-10H;1-4H,5H2. The summed E-state index contributed by atoms with van der Waals surface area (Å²) in [5, 5.41) is 10.8. The van der Waals surface area contributed by atoms with Crippen molar-refractivity contribution in [3.05, 3.63) is 196 Å². The maximum atomic E-state index is 8.39. The van der Waals surface area contributed by atoms with E-state index < -0.39 is 0 Å². The van der Waals surface area contributed by atoms with Crippen LogP contribution in [0.2, 0.25) is 0 Å². The lowest BCUT2D eigenvalue weighted by atomic mass is 9.88. The number of fused-ring (bicyclic) bond motifs is 1. The quantitative estimate of drug-likeness (QED) is 0.112.